The number of hydrogen-bond donors (Lipinski definition) is 1. The van der Waals surface area contributed by atoms with Crippen molar-refractivity contribution in [2.24, 2.45) is 0 Å². The molecule has 0 saturated heterocycles. The number of carbonyl (C=O) groups is 1. The van der Waals surface area contributed by atoms with Crippen LogP contribution in [0.2, 0.25) is 5.02 Å². The number of hydrogen-bond acceptors (Lipinski definition) is 5. The van der Waals surface area contributed by atoms with E-state index in [2.05, 4.69) is 16.4 Å². The summed E-state index contributed by atoms with van der Waals surface area (Å²) in [6.07, 6.45) is 3.15. The maximum Gasteiger partial charge on any atom is 0.410 e. The Morgan fingerprint density at radius 2 is 2.12 bits per heavy atom. The van der Waals surface area contributed by atoms with Crippen molar-refractivity contribution in [2.45, 2.75) is 45.8 Å². The summed E-state index contributed by atoms with van der Waals surface area (Å²) in [5.74, 6) is 0. The highest BCUT2D eigenvalue weighted by Crippen LogP contribution is 2.32. The molecule has 140 valence electrons. The van der Waals surface area contributed by atoms with Gasteiger partial charge in [-0.25, -0.2) is 4.79 Å². The molecule has 0 bridgehead atoms. The van der Waals surface area contributed by atoms with Crippen molar-refractivity contribution in [1.29, 1.82) is 0 Å². The van der Waals surface area contributed by atoms with E-state index in [4.69, 9.17) is 16.3 Å². The van der Waals surface area contributed by atoms with Gasteiger partial charge in [0.05, 0.1) is 22.8 Å². The topological polar surface area (TPSA) is 54.5 Å². The first-order valence-corrected chi connectivity index (χ1v) is 9.98. The Morgan fingerprint density at radius 3 is 2.81 bits per heavy atom. The van der Waals surface area contributed by atoms with Crippen LogP contribution in [-0.4, -0.2) is 34.7 Å². The molecule has 2 heterocycles. The van der Waals surface area contributed by atoms with Crippen molar-refractivity contribution in [2.75, 3.05) is 18.4 Å². The number of rotatable bonds is 3. The molecule has 7 heteroatoms. The number of nitrogens with zero attached hydrogens (tertiary/aromatic N) is 2. The number of carbonyl (C=O) groups excluding carboxylic acids is 1. The van der Waals surface area contributed by atoms with Gasteiger partial charge in [-0.15, -0.1) is 11.3 Å². The molecule has 1 aromatic heterocycles. The van der Waals surface area contributed by atoms with Crippen LogP contribution in [0.25, 0.3) is 0 Å². The van der Waals surface area contributed by atoms with Crippen LogP contribution in [0.4, 0.5) is 10.5 Å². The van der Waals surface area contributed by atoms with Crippen LogP contribution in [0.15, 0.2) is 23.8 Å². The fourth-order valence-electron chi connectivity index (χ4n) is 3.00. The molecule has 0 fully saturated rings. The van der Waals surface area contributed by atoms with E-state index in [-0.39, 0.29) is 6.09 Å². The van der Waals surface area contributed by atoms with Crippen molar-refractivity contribution < 1.29 is 9.53 Å². The zero-order valence-corrected chi connectivity index (χ0v) is 16.9. The number of thiazole rings is 1. The first-order chi connectivity index (χ1) is 12.3. The maximum atomic E-state index is 12.4. The largest absolute Gasteiger partial charge is 0.444 e. The lowest BCUT2D eigenvalue weighted by atomic mass is 10.0. The van der Waals surface area contributed by atoms with E-state index in [0.29, 0.717) is 24.7 Å². The molecule has 1 aliphatic heterocycles. The van der Waals surface area contributed by atoms with E-state index in [9.17, 15) is 4.79 Å². The van der Waals surface area contributed by atoms with Crippen LogP contribution in [0, 0.1) is 0 Å². The van der Waals surface area contributed by atoms with E-state index in [0.717, 1.165) is 23.4 Å². The average molecular weight is 394 g/mol. The van der Waals surface area contributed by atoms with Gasteiger partial charge >= 0.3 is 6.09 Å². The summed E-state index contributed by atoms with van der Waals surface area (Å²) in [6.45, 7) is 7.63. The molecule has 1 N–H and O–H groups in total. The smallest absolute Gasteiger partial charge is 0.410 e. The number of anilines is 1. The van der Waals surface area contributed by atoms with Crippen LogP contribution in [0.5, 0.6) is 0 Å². The summed E-state index contributed by atoms with van der Waals surface area (Å²) in [4.78, 5) is 19.5. The molecule has 26 heavy (non-hydrogen) atoms. The number of aromatic nitrogens is 1. The van der Waals surface area contributed by atoms with E-state index in [1.54, 1.807) is 16.2 Å². The third-order valence-corrected chi connectivity index (χ3v) is 5.31. The van der Waals surface area contributed by atoms with Gasteiger partial charge in [-0.2, -0.15) is 0 Å². The van der Waals surface area contributed by atoms with Crippen molar-refractivity contribution >= 4 is 34.7 Å². The molecule has 0 saturated carbocycles. The lowest BCUT2D eigenvalue weighted by Gasteiger charge is -2.26. The summed E-state index contributed by atoms with van der Waals surface area (Å²) >= 11 is 8.07. The molecule has 5 nitrogen and oxygen atoms in total. The Kier molecular flexibility index (Phi) is 5.73. The number of amides is 1. The highest BCUT2D eigenvalue weighted by Gasteiger charge is 2.25. The second-order valence-electron chi connectivity index (χ2n) is 7.35. The summed E-state index contributed by atoms with van der Waals surface area (Å²) in [7, 11) is 0. The minimum atomic E-state index is -0.485. The van der Waals surface area contributed by atoms with E-state index in [1.165, 1.54) is 11.1 Å². The Balaban J connectivity index is 1.75. The van der Waals surface area contributed by atoms with Gasteiger partial charge in [-0.05, 0) is 50.8 Å². The van der Waals surface area contributed by atoms with E-state index < -0.39 is 5.60 Å². The van der Waals surface area contributed by atoms with Gasteiger partial charge in [0, 0.05) is 24.2 Å². The van der Waals surface area contributed by atoms with Crippen LogP contribution in [0.1, 0.15) is 36.8 Å². The van der Waals surface area contributed by atoms with Crippen LogP contribution in [0.3, 0.4) is 0 Å². The molecule has 3 rings (SSSR count). The second kappa shape index (κ2) is 7.84. The van der Waals surface area contributed by atoms with Gasteiger partial charge < -0.3 is 15.0 Å². The molecule has 1 aromatic carbocycles. The summed E-state index contributed by atoms with van der Waals surface area (Å²) in [6, 6.07) is 3.99. The van der Waals surface area contributed by atoms with E-state index >= 15 is 0 Å². The highest BCUT2D eigenvalue weighted by atomic mass is 35.5. The van der Waals surface area contributed by atoms with Gasteiger partial charge in [0.15, 0.2) is 0 Å². The first kappa shape index (κ1) is 19.0. The Morgan fingerprint density at radius 1 is 1.35 bits per heavy atom. The van der Waals surface area contributed by atoms with Crippen molar-refractivity contribution in [3.8, 4) is 0 Å². The van der Waals surface area contributed by atoms with Crippen LogP contribution in [-0.2, 0) is 24.1 Å². The van der Waals surface area contributed by atoms with Crippen molar-refractivity contribution in [1.82, 2.24) is 9.88 Å². The lowest BCUT2D eigenvalue weighted by molar-refractivity contribution is 0.0258. The van der Waals surface area contributed by atoms with Gasteiger partial charge in [0.2, 0.25) is 0 Å². The third-order valence-electron chi connectivity index (χ3n) is 4.22. The number of halogens is 1. The summed E-state index contributed by atoms with van der Waals surface area (Å²) in [5.41, 5.74) is 4.72. The normalized spacial score (nSPS) is 14.5. The molecule has 0 radical (unpaired) electrons. The fraction of sp³-hybridized carbons (Fsp3) is 0.474. The second-order valence-corrected chi connectivity index (χ2v) is 8.73. The molecule has 1 aliphatic rings. The summed E-state index contributed by atoms with van der Waals surface area (Å²) < 4.78 is 5.52. The quantitative estimate of drug-likeness (QED) is 0.817. The van der Waals surface area contributed by atoms with Crippen molar-refractivity contribution in [3.05, 3.63) is 44.9 Å². The lowest BCUT2D eigenvalue weighted by Crippen LogP contribution is -2.38. The molecular weight excluding hydrogens is 370 g/mol. The van der Waals surface area contributed by atoms with Crippen LogP contribution >= 0.6 is 22.9 Å². The number of fused-ring (bicyclic) bond motifs is 1. The molecular formula is C19H24ClN3O2S. The predicted octanol–water partition coefficient (Wildman–Crippen LogP) is 4.74. The summed E-state index contributed by atoms with van der Waals surface area (Å²) in [5, 5.41) is 4.16. The van der Waals surface area contributed by atoms with Crippen molar-refractivity contribution in [3.63, 3.8) is 0 Å². The fourth-order valence-corrected chi connectivity index (χ4v) is 3.78. The number of benzene rings is 1. The Labute approximate surface area is 163 Å². The molecule has 0 unspecified atom stereocenters. The van der Waals surface area contributed by atoms with E-state index in [1.807, 2.05) is 38.5 Å². The standard InChI is InChI=1S/C19H24ClN3O2S/c1-19(2,3)25-18(24)23-8-6-13-4-5-16(20)17(15(13)7-9-23)22-11-14-10-21-12-26-14/h4-5,10,12,22H,6-9,11H2,1-3H3. The van der Waals surface area contributed by atoms with Gasteiger partial charge in [0.1, 0.15) is 5.60 Å². The molecule has 0 atom stereocenters. The zero-order chi connectivity index (χ0) is 18.7. The molecule has 0 spiro atoms. The molecule has 0 aliphatic carbocycles. The first-order valence-electron chi connectivity index (χ1n) is 8.73. The Hall–Kier alpha value is -1.79. The highest BCUT2D eigenvalue weighted by molar-refractivity contribution is 7.09. The Bertz CT molecular complexity index is 772. The van der Waals surface area contributed by atoms with Gasteiger partial charge in [-0.3, -0.25) is 4.98 Å². The SMILES string of the molecule is CC(C)(C)OC(=O)N1CCc2ccc(Cl)c(NCc3cncs3)c2CC1. The average Bonchev–Trinajstić information content (AvgIpc) is 2.97. The molecule has 1 amide bonds. The number of ether oxygens (including phenoxy) is 1. The monoisotopic (exact) mass is 393 g/mol. The third kappa shape index (κ3) is 4.68. The minimum absolute atomic E-state index is 0.254. The predicted molar refractivity (Wildman–Crippen MR) is 106 cm³/mol. The molecule has 2 aromatic rings. The van der Waals surface area contributed by atoms with Crippen LogP contribution < -0.4 is 5.32 Å². The number of nitrogens with one attached hydrogen (secondary N) is 1. The van der Waals surface area contributed by atoms with Gasteiger partial charge in [0.25, 0.3) is 0 Å². The maximum absolute atomic E-state index is 12.4. The minimum Gasteiger partial charge on any atom is -0.444 e. The zero-order valence-electron chi connectivity index (χ0n) is 15.3. The van der Waals surface area contributed by atoms with Gasteiger partial charge in [-0.1, -0.05) is 17.7 Å².